The Morgan fingerprint density at radius 1 is 1.18 bits per heavy atom. The lowest BCUT2D eigenvalue weighted by molar-refractivity contribution is 0.0704. The van der Waals surface area contributed by atoms with Crippen molar-refractivity contribution >= 4 is 27.5 Å². The number of nitrogens with zero attached hydrogens (tertiary/aromatic N) is 5. The molecular formula is C22H26ClN5O4S. The average Bonchev–Trinajstić information content (AvgIpc) is 3.38. The Labute approximate surface area is 198 Å². The van der Waals surface area contributed by atoms with Gasteiger partial charge in [0.25, 0.3) is 5.91 Å². The van der Waals surface area contributed by atoms with Crippen molar-refractivity contribution in [2.45, 2.75) is 44.2 Å². The molecule has 176 valence electrons. The quantitative estimate of drug-likeness (QED) is 0.453. The number of carbonyl (C=O) groups excluding carboxylic acids is 1. The molecule has 9 nitrogen and oxygen atoms in total. The Kier molecular flexibility index (Phi) is 6.60. The molecule has 1 amide bonds. The summed E-state index contributed by atoms with van der Waals surface area (Å²) in [5.41, 5.74) is 1.03. The first-order valence-electron chi connectivity index (χ1n) is 10.8. The van der Waals surface area contributed by atoms with Gasteiger partial charge in [-0.1, -0.05) is 25.4 Å². The fraction of sp³-hybridized carbons (Fsp3) is 0.409. The SMILES string of the molecule is CCN(CC)S(=O)(=O)c1cc(C(=O)N(Cc2nnc(-c3ccc(Cl)cc3)o2)C2CC2)n(C)c1. The van der Waals surface area contributed by atoms with E-state index in [1.165, 1.54) is 16.6 Å². The van der Waals surface area contributed by atoms with Gasteiger partial charge in [0.15, 0.2) is 0 Å². The molecular weight excluding hydrogens is 466 g/mol. The second kappa shape index (κ2) is 9.28. The number of aryl methyl sites for hydroxylation is 1. The molecule has 1 aromatic carbocycles. The van der Waals surface area contributed by atoms with Gasteiger partial charge in [0.2, 0.25) is 21.8 Å². The second-order valence-corrected chi connectivity index (χ2v) is 10.3. The fourth-order valence-corrected chi connectivity index (χ4v) is 5.33. The van der Waals surface area contributed by atoms with Crippen LogP contribution in [0.4, 0.5) is 0 Å². The molecule has 1 saturated carbocycles. The number of benzene rings is 1. The molecule has 0 radical (unpaired) electrons. The molecule has 0 N–H and O–H groups in total. The highest BCUT2D eigenvalue weighted by Crippen LogP contribution is 2.31. The van der Waals surface area contributed by atoms with E-state index in [9.17, 15) is 13.2 Å². The van der Waals surface area contributed by atoms with Gasteiger partial charge in [0.1, 0.15) is 10.6 Å². The number of hydrogen-bond donors (Lipinski definition) is 0. The van der Waals surface area contributed by atoms with E-state index in [1.807, 2.05) is 0 Å². The van der Waals surface area contributed by atoms with Gasteiger partial charge in [0.05, 0.1) is 6.54 Å². The van der Waals surface area contributed by atoms with Gasteiger partial charge in [-0.25, -0.2) is 8.42 Å². The Balaban J connectivity index is 1.57. The summed E-state index contributed by atoms with van der Waals surface area (Å²) in [6.45, 7) is 4.44. The lowest BCUT2D eigenvalue weighted by Gasteiger charge is -2.20. The molecule has 0 unspecified atom stereocenters. The van der Waals surface area contributed by atoms with Gasteiger partial charge in [-0.15, -0.1) is 10.2 Å². The van der Waals surface area contributed by atoms with E-state index < -0.39 is 10.0 Å². The summed E-state index contributed by atoms with van der Waals surface area (Å²) >= 11 is 5.93. The predicted molar refractivity (Wildman–Crippen MR) is 123 cm³/mol. The predicted octanol–water partition coefficient (Wildman–Crippen LogP) is 3.56. The first-order valence-corrected chi connectivity index (χ1v) is 12.6. The molecule has 1 aliphatic carbocycles. The molecule has 0 bridgehead atoms. The number of amides is 1. The smallest absolute Gasteiger partial charge is 0.271 e. The highest BCUT2D eigenvalue weighted by molar-refractivity contribution is 7.89. The normalized spacial score (nSPS) is 14.1. The minimum Gasteiger partial charge on any atom is -0.419 e. The zero-order chi connectivity index (χ0) is 23.8. The van der Waals surface area contributed by atoms with Crippen LogP contribution in [-0.4, -0.2) is 57.4 Å². The highest BCUT2D eigenvalue weighted by Gasteiger charge is 2.36. The van der Waals surface area contributed by atoms with Crippen LogP contribution in [0.25, 0.3) is 11.5 Å². The molecule has 0 atom stereocenters. The number of carbonyl (C=O) groups is 1. The lowest BCUT2D eigenvalue weighted by atomic mass is 10.2. The van der Waals surface area contributed by atoms with Crippen molar-refractivity contribution in [3.8, 4) is 11.5 Å². The number of hydrogen-bond acceptors (Lipinski definition) is 6. The van der Waals surface area contributed by atoms with Crippen LogP contribution in [0, 0.1) is 0 Å². The van der Waals surface area contributed by atoms with Crippen LogP contribution in [0.2, 0.25) is 5.02 Å². The standard InChI is InChI=1S/C22H26ClN5O4S/c1-4-27(5-2)33(30,31)18-12-19(26(3)13-18)22(29)28(17-10-11-17)14-20-24-25-21(32-20)15-6-8-16(23)9-7-15/h6-9,12-13,17H,4-5,10-11,14H2,1-3H3. The summed E-state index contributed by atoms with van der Waals surface area (Å²) in [4.78, 5) is 15.2. The molecule has 1 aliphatic rings. The third-order valence-electron chi connectivity index (χ3n) is 5.65. The maximum Gasteiger partial charge on any atom is 0.271 e. The maximum absolute atomic E-state index is 13.4. The van der Waals surface area contributed by atoms with E-state index >= 15 is 0 Å². The van der Waals surface area contributed by atoms with E-state index in [1.54, 1.807) is 54.6 Å². The molecule has 33 heavy (non-hydrogen) atoms. The summed E-state index contributed by atoms with van der Waals surface area (Å²) < 4.78 is 34.5. The van der Waals surface area contributed by atoms with Crippen LogP contribution in [0.3, 0.4) is 0 Å². The molecule has 1 fully saturated rings. The van der Waals surface area contributed by atoms with Crippen molar-refractivity contribution in [1.29, 1.82) is 0 Å². The molecule has 0 spiro atoms. The third kappa shape index (κ3) is 4.83. The topological polar surface area (TPSA) is 102 Å². The van der Waals surface area contributed by atoms with Gasteiger partial charge >= 0.3 is 0 Å². The number of sulfonamides is 1. The molecule has 3 aromatic rings. The number of halogens is 1. The van der Waals surface area contributed by atoms with Crippen molar-refractivity contribution in [2.75, 3.05) is 13.1 Å². The van der Waals surface area contributed by atoms with Gasteiger partial charge in [0, 0.05) is 43.0 Å². The number of rotatable bonds is 9. The first kappa shape index (κ1) is 23.5. The lowest BCUT2D eigenvalue weighted by Crippen LogP contribution is -2.34. The number of aromatic nitrogens is 3. The summed E-state index contributed by atoms with van der Waals surface area (Å²) in [6, 6.07) is 8.54. The van der Waals surface area contributed by atoms with Crippen LogP contribution in [-0.2, 0) is 23.6 Å². The average molecular weight is 492 g/mol. The van der Waals surface area contributed by atoms with E-state index in [0.717, 1.165) is 18.4 Å². The molecule has 0 saturated heterocycles. The highest BCUT2D eigenvalue weighted by atomic mass is 35.5. The zero-order valence-corrected chi connectivity index (χ0v) is 20.3. The third-order valence-corrected chi connectivity index (χ3v) is 7.92. The van der Waals surface area contributed by atoms with Crippen molar-refractivity contribution in [2.24, 2.45) is 7.05 Å². The Morgan fingerprint density at radius 3 is 2.45 bits per heavy atom. The van der Waals surface area contributed by atoms with Gasteiger partial charge in [-0.2, -0.15) is 4.31 Å². The van der Waals surface area contributed by atoms with E-state index in [-0.39, 0.29) is 23.4 Å². The van der Waals surface area contributed by atoms with Crippen molar-refractivity contribution < 1.29 is 17.6 Å². The summed E-state index contributed by atoms with van der Waals surface area (Å²) in [7, 11) is -1.99. The molecule has 0 aliphatic heterocycles. The second-order valence-electron chi connectivity index (χ2n) is 7.93. The van der Waals surface area contributed by atoms with Gasteiger partial charge in [-0.05, 0) is 43.2 Å². The van der Waals surface area contributed by atoms with Crippen molar-refractivity contribution in [3.05, 3.63) is 53.1 Å². The largest absolute Gasteiger partial charge is 0.419 e. The van der Waals surface area contributed by atoms with E-state index in [0.29, 0.717) is 35.6 Å². The van der Waals surface area contributed by atoms with Gasteiger partial charge < -0.3 is 13.9 Å². The minimum atomic E-state index is -3.66. The van der Waals surface area contributed by atoms with Crippen LogP contribution < -0.4 is 0 Å². The fourth-order valence-electron chi connectivity index (χ4n) is 3.67. The Morgan fingerprint density at radius 2 is 1.85 bits per heavy atom. The molecule has 2 heterocycles. The van der Waals surface area contributed by atoms with Crippen LogP contribution in [0.5, 0.6) is 0 Å². The molecule has 2 aromatic heterocycles. The zero-order valence-electron chi connectivity index (χ0n) is 18.7. The Hall–Kier alpha value is -2.69. The summed E-state index contributed by atoms with van der Waals surface area (Å²) in [5.74, 6) is 0.383. The van der Waals surface area contributed by atoms with Crippen LogP contribution in [0.1, 0.15) is 43.1 Å². The maximum atomic E-state index is 13.4. The monoisotopic (exact) mass is 491 g/mol. The molecule has 4 rings (SSSR count). The van der Waals surface area contributed by atoms with Crippen molar-refractivity contribution in [1.82, 2.24) is 24.0 Å². The molecule has 11 heteroatoms. The summed E-state index contributed by atoms with van der Waals surface area (Å²) in [5, 5.41) is 8.79. The first-order chi connectivity index (χ1) is 15.7. The Bertz CT molecular complexity index is 1240. The van der Waals surface area contributed by atoms with E-state index in [4.69, 9.17) is 16.0 Å². The minimum absolute atomic E-state index is 0.0566. The van der Waals surface area contributed by atoms with E-state index in [2.05, 4.69) is 10.2 Å². The van der Waals surface area contributed by atoms with Crippen LogP contribution >= 0.6 is 11.6 Å². The van der Waals surface area contributed by atoms with Crippen molar-refractivity contribution in [3.63, 3.8) is 0 Å². The summed E-state index contributed by atoms with van der Waals surface area (Å²) in [6.07, 6.45) is 3.23. The van der Waals surface area contributed by atoms with Crippen LogP contribution in [0.15, 0.2) is 45.8 Å². The van der Waals surface area contributed by atoms with Gasteiger partial charge in [-0.3, -0.25) is 4.79 Å².